The van der Waals surface area contributed by atoms with E-state index < -0.39 is 7.29 Å². The Balaban J connectivity index is 2.15. The second-order valence-corrected chi connectivity index (χ2v) is 10.1. The highest BCUT2D eigenvalue weighted by Gasteiger charge is 2.19. The monoisotopic (exact) mass is 347 g/mol. The normalized spacial score (nSPS) is 17.0. The maximum atomic E-state index is 12.5. The predicted octanol–water partition coefficient (Wildman–Crippen LogP) is 2.85. The largest absolute Gasteiger partial charge is 0.379 e. The minimum absolute atomic E-state index is 0.811. The summed E-state index contributed by atoms with van der Waals surface area (Å²) < 4.78 is 20.1. The summed E-state index contributed by atoms with van der Waals surface area (Å²) >= 11 is 0. The SMILES string of the molecule is CP(C)(=O)N(CCCCCCCCN)CCCN1CCOCC1. The zero-order valence-electron chi connectivity index (χ0n) is 15.3. The summed E-state index contributed by atoms with van der Waals surface area (Å²) in [6.07, 6.45) is 8.45. The van der Waals surface area contributed by atoms with Gasteiger partial charge in [0.25, 0.3) is 0 Å². The third kappa shape index (κ3) is 10.5. The Labute approximate surface area is 143 Å². The predicted molar refractivity (Wildman–Crippen MR) is 99.7 cm³/mol. The van der Waals surface area contributed by atoms with Crippen molar-refractivity contribution in [1.29, 1.82) is 0 Å². The molecule has 0 aromatic carbocycles. The van der Waals surface area contributed by atoms with Gasteiger partial charge >= 0.3 is 0 Å². The van der Waals surface area contributed by atoms with E-state index in [-0.39, 0.29) is 0 Å². The number of unbranched alkanes of at least 4 members (excludes halogenated alkanes) is 5. The molecule has 1 aliphatic heterocycles. The molecule has 0 aliphatic carbocycles. The Morgan fingerprint density at radius 3 is 2.13 bits per heavy atom. The van der Waals surface area contributed by atoms with Crippen molar-refractivity contribution >= 4 is 7.29 Å². The van der Waals surface area contributed by atoms with Crippen molar-refractivity contribution < 1.29 is 9.30 Å². The van der Waals surface area contributed by atoms with Gasteiger partial charge in [0.05, 0.1) is 13.2 Å². The molecule has 0 saturated carbocycles. The van der Waals surface area contributed by atoms with Crippen LogP contribution in [-0.2, 0) is 9.30 Å². The van der Waals surface area contributed by atoms with E-state index >= 15 is 0 Å². The first-order valence-electron chi connectivity index (χ1n) is 9.34. The quantitative estimate of drug-likeness (QED) is 0.410. The van der Waals surface area contributed by atoms with Crippen LogP contribution in [0.3, 0.4) is 0 Å². The number of rotatable bonds is 13. The van der Waals surface area contributed by atoms with Crippen LogP contribution in [0, 0.1) is 0 Å². The number of nitrogens with two attached hydrogens (primary N) is 1. The van der Waals surface area contributed by atoms with Crippen LogP contribution < -0.4 is 5.73 Å². The smallest absolute Gasteiger partial charge is 0.144 e. The molecule has 0 spiro atoms. The van der Waals surface area contributed by atoms with Gasteiger partial charge < -0.3 is 15.0 Å². The summed E-state index contributed by atoms with van der Waals surface area (Å²) in [6, 6.07) is 0. The molecule has 2 N–H and O–H groups in total. The van der Waals surface area contributed by atoms with E-state index in [2.05, 4.69) is 9.57 Å². The summed E-state index contributed by atoms with van der Waals surface area (Å²) in [4.78, 5) is 2.45. The number of nitrogens with zero attached hydrogens (tertiary/aromatic N) is 2. The van der Waals surface area contributed by atoms with Gasteiger partial charge in [-0.3, -0.25) is 9.57 Å². The topological polar surface area (TPSA) is 58.8 Å². The second-order valence-electron chi connectivity index (χ2n) is 6.97. The van der Waals surface area contributed by atoms with E-state index in [4.69, 9.17) is 10.5 Å². The van der Waals surface area contributed by atoms with E-state index in [9.17, 15) is 4.57 Å². The molecule has 5 nitrogen and oxygen atoms in total. The highest BCUT2D eigenvalue weighted by molar-refractivity contribution is 7.59. The van der Waals surface area contributed by atoms with Gasteiger partial charge in [-0.05, 0) is 32.4 Å². The molecule has 1 rings (SSSR count). The van der Waals surface area contributed by atoms with Crippen LogP contribution in [0.1, 0.15) is 44.9 Å². The lowest BCUT2D eigenvalue weighted by Gasteiger charge is -2.30. The van der Waals surface area contributed by atoms with Crippen LogP contribution in [0.25, 0.3) is 0 Å². The van der Waals surface area contributed by atoms with Gasteiger partial charge in [0, 0.05) is 39.5 Å². The maximum Gasteiger partial charge on any atom is 0.144 e. The highest BCUT2D eigenvalue weighted by atomic mass is 31.2. The number of morpholine rings is 1. The lowest BCUT2D eigenvalue weighted by molar-refractivity contribution is 0.0369. The first-order valence-corrected chi connectivity index (χ1v) is 11.9. The van der Waals surface area contributed by atoms with Gasteiger partial charge in [0.15, 0.2) is 0 Å². The molecule has 1 saturated heterocycles. The first kappa shape index (κ1) is 21.1. The van der Waals surface area contributed by atoms with Gasteiger partial charge in [0.1, 0.15) is 7.29 Å². The van der Waals surface area contributed by atoms with E-state index in [0.29, 0.717) is 0 Å². The minimum atomic E-state index is -2.14. The van der Waals surface area contributed by atoms with Crippen molar-refractivity contribution in [2.24, 2.45) is 5.73 Å². The molecule has 0 unspecified atom stereocenters. The van der Waals surface area contributed by atoms with Gasteiger partial charge in [-0.2, -0.15) is 0 Å². The van der Waals surface area contributed by atoms with E-state index in [1.165, 1.54) is 25.7 Å². The lowest BCUT2D eigenvalue weighted by atomic mass is 10.1. The minimum Gasteiger partial charge on any atom is -0.379 e. The fourth-order valence-corrected chi connectivity index (χ4v) is 4.29. The molecule has 0 amide bonds. The average molecular weight is 347 g/mol. The summed E-state index contributed by atoms with van der Waals surface area (Å²) in [5, 5.41) is 0. The molecule has 0 atom stereocenters. The van der Waals surface area contributed by atoms with E-state index in [0.717, 1.165) is 71.7 Å². The molecule has 0 bridgehead atoms. The lowest BCUT2D eigenvalue weighted by Crippen LogP contribution is -2.38. The molecule has 0 aromatic heterocycles. The van der Waals surface area contributed by atoms with Gasteiger partial charge in [-0.15, -0.1) is 0 Å². The van der Waals surface area contributed by atoms with Crippen LogP contribution in [0.15, 0.2) is 0 Å². The zero-order chi connectivity index (χ0) is 17.0. The fraction of sp³-hybridized carbons (Fsp3) is 1.00. The van der Waals surface area contributed by atoms with Crippen LogP contribution in [0.4, 0.5) is 0 Å². The van der Waals surface area contributed by atoms with Crippen molar-refractivity contribution in [2.45, 2.75) is 44.9 Å². The van der Waals surface area contributed by atoms with Crippen LogP contribution in [0.5, 0.6) is 0 Å². The number of ether oxygens (including phenoxy) is 1. The third-order valence-corrected chi connectivity index (χ3v) is 6.31. The molecule has 0 aromatic rings. The summed E-state index contributed by atoms with van der Waals surface area (Å²) in [6.45, 7) is 11.4. The molecule has 1 fully saturated rings. The van der Waals surface area contributed by atoms with Crippen molar-refractivity contribution in [1.82, 2.24) is 9.57 Å². The molecule has 1 aliphatic rings. The molecule has 1 heterocycles. The second kappa shape index (κ2) is 12.4. The summed E-state index contributed by atoms with van der Waals surface area (Å²) in [7, 11) is -2.14. The maximum absolute atomic E-state index is 12.5. The fourth-order valence-electron chi connectivity index (χ4n) is 3.04. The Morgan fingerprint density at radius 1 is 0.957 bits per heavy atom. The molecule has 23 heavy (non-hydrogen) atoms. The Morgan fingerprint density at radius 2 is 1.52 bits per heavy atom. The van der Waals surface area contributed by atoms with Crippen LogP contribution in [-0.4, -0.2) is 75.4 Å². The Bertz CT molecular complexity index is 330. The molecule has 0 radical (unpaired) electrons. The van der Waals surface area contributed by atoms with Crippen molar-refractivity contribution in [3.8, 4) is 0 Å². The Kier molecular flexibility index (Phi) is 11.4. The molecule has 6 heteroatoms. The van der Waals surface area contributed by atoms with Crippen LogP contribution >= 0.6 is 7.29 Å². The van der Waals surface area contributed by atoms with E-state index in [1.807, 2.05) is 13.3 Å². The van der Waals surface area contributed by atoms with Crippen molar-refractivity contribution in [3.05, 3.63) is 0 Å². The highest BCUT2D eigenvalue weighted by Crippen LogP contribution is 2.41. The first-order chi connectivity index (χ1) is 11.0. The van der Waals surface area contributed by atoms with Gasteiger partial charge in [-0.1, -0.05) is 25.7 Å². The van der Waals surface area contributed by atoms with Crippen LogP contribution in [0.2, 0.25) is 0 Å². The van der Waals surface area contributed by atoms with Gasteiger partial charge in [0.2, 0.25) is 0 Å². The molecular weight excluding hydrogens is 309 g/mol. The van der Waals surface area contributed by atoms with Gasteiger partial charge in [-0.25, -0.2) is 0 Å². The Hall–Kier alpha value is 0.0700. The third-order valence-electron chi connectivity index (χ3n) is 4.55. The van der Waals surface area contributed by atoms with Crippen molar-refractivity contribution in [2.75, 3.05) is 65.8 Å². The summed E-state index contributed by atoms with van der Waals surface area (Å²) in [5.74, 6) is 0. The molecule has 138 valence electrons. The zero-order valence-corrected chi connectivity index (χ0v) is 16.2. The number of hydrogen-bond donors (Lipinski definition) is 1. The number of hydrogen-bond acceptors (Lipinski definition) is 4. The standard InChI is InChI=1S/C17H38N3O2P/c1-23(2,21)20(12-8-6-4-3-5-7-10-18)13-9-11-19-14-16-22-17-15-19/h3-18H2,1-2H3. The molecular formula is C17H38N3O2P. The van der Waals surface area contributed by atoms with E-state index in [1.54, 1.807) is 0 Å². The summed E-state index contributed by atoms with van der Waals surface area (Å²) in [5.41, 5.74) is 5.51. The van der Waals surface area contributed by atoms with Crippen molar-refractivity contribution in [3.63, 3.8) is 0 Å². The average Bonchev–Trinajstić information content (AvgIpc) is 2.52.